The number of rotatable bonds is 7. The second-order valence-corrected chi connectivity index (χ2v) is 8.61. The van der Waals surface area contributed by atoms with Crippen molar-refractivity contribution in [2.24, 2.45) is 0 Å². The van der Waals surface area contributed by atoms with Crippen LogP contribution in [0.4, 0.5) is 14.6 Å². The molecule has 0 bridgehead atoms. The standard InChI is InChI=1S/C24H23F2N5O/c25-17-12-24(13-17,22-19(26)5-2-10-27-22)14-28-21-9-8-20(30-31-21)15-3-1-4-16(11-15)23(32)29-18-6-7-18/h1-5,8-11,17-18H,6-7,12-14H2,(H,28,31)(H,29,32)/t17-,24-. The molecule has 0 atom stereocenters. The van der Waals surface area contributed by atoms with Gasteiger partial charge in [0, 0.05) is 35.3 Å². The van der Waals surface area contributed by atoms with Crippen molar-refractivity contribution in [1.82, 2.24) is 20.5 Å². The largest absolute Gasteiger partial charge is 0.368 e. The van der Waals surface area contributed by atoms with E-state index in [2.05, 4.69) is 25.8 Å². The molecule has 0 unspecified atom stereocenters. The van der Waals surface area contributed by atoms with Crippen LogP contribution in [-0.4, -0.2) is 39.8 Å². The third-order valence-corrected chi connectivity index (χ3v) is 6.09. The van der Waals surface area contributed by atoms with Crippen LogP contribution in [0.2, 0.25) is 0 Å². The van der Waals surface area contributed by atoms with Crippen molar-refractivity contribution in [2.75, 3.05) is 11.9 Å². The van der Waals surface area contributed by atoms with Gasteiger partial charge in [-0.1, -0.05) is 12.1 Å². The predicted molar refractivity (Wildman–Crippen MR) is 116 cm³/mol. The molecule has 2 heterocycles. The minimum Gasteiger partial charge on any atom is -0.368 e. The average Bonchev–Trinajstić information content (AvgIpc) is 3.61. The summed E-state index contributed by atoms with van der Waals surface area (Å²) in [5, 5.41) is 14.6. The molecule has 2 aromatic heterocycles. The lowest BCUT2D eigenvalue weighted by Gasteiger charge is -2.44. The van der Waals surface area contributed by atoms with Crippen molar-refractivity contribution in [3.05, 3.63) is 71.8 Å². The number of pyridine rings is 1. The fourth-order valence-corrected chi connectivity index (χ4v) is 4.14. The lowest BCUT2D eigenvalue weighted by atomic mass is 9.65. The van der Waals surface area contributed by atoms with Crippen LogP contribution in [0.15, 0.2) is 54.7 Å². The van der Waals surface area contributed by atoms with E-state index < -0.39 is 17.4 Å². The number of hydrogen-bond donors (Lipinski definition) is 2. The summed E-state index contributed by atoms with van der Waals surface area (Å²) in [5.41, 5.74) is 1.60. The first-order valence-corrected chi connectivity index (χ1v) is 10.8. The number of anilines is 1. The summed E-state index contributed by atoms with van der Waals surface area (Å²) in [4.78, 5) is 16.5. The zero-order valence-electron chi connectivity index (χ0n) is 17.4. The zero-order valence-corrected chi connectivity index (χ0v) is 17.4. The first-order valence-electron chi connectivity index (χ1n) is 10.8. The highest BCUT2D eigenvalue weighted by molar-refractivity contribution is 5.95. The second kappa shape index (κ2) is 8.26. The highest BCUT2D eigenvalue weighted by Gasteiger charge is 2.48. The van der Waals surface area contributed by atoms with Crippen LogP contribution in [0.3, 0.4) is 0 Å². The molecule has 5 rings (SSSR count). The Kier molecular flexibility index (Phi) is 5.28. The summed E-state index contributed by atoms with van der Waals surface area (Å²) >= 11 is 0. The van der Waals surface area contributed by atoms with E-state index in [1.807, 2.05) is 12.1 Å². The van der Waals surface area contributed by atoms with E-state index in [0.29, 0.717) is 29.7 Å². The van der Waals surface area contributed by atoms with Crippen molar-refractivity contribution in [3.8, 4) is 11.3 Å². The third-order valence-electron chi connectivity index (χ3n) is 6.09. The van der Waals surface area contributed by atoms with Gasteiger partial charge in [-0.25, -0.2) is 8.78 Å². The number of halogens is 2. The molecule has 2 aliphatic carbocycles. The Labute approximate surface area is 184 Å². The predicted octanol–water partition coefficient (Wildman–Crippen LogP) is 4.05. The van der Waals surface area contributed by atoms with Crippen LogP contribution >= 0.6 is 0 Å². The van der Waals surface area contributed by atoms with Crippen LogP contribution in [0, 0.1) is 5.82 Å². The van der Waals surface area contributed by atoms with E-state index in [1.165, 1.54) is 18.3 Å². The van der Waals surface area contributed by atoms with E-state index in [9.17, 15) is 13.6 Å². The van der Waals surface area contributed by atoms with E-state index in [1.54, 1.807) is 24.3 Å². The molecule has 2 saturated carbocycles. The number of alkyl halides is 1. The van der Waals surface area contributed by atoms with Gasteiger partial charge in [0.2, 0.25) is 0 Å². The van der Waals surface area contributed by atoms with Gasteiger partial charge in [0.05, 0.1) is 11.4 Å². The second-order valence-electron chi connectivity index (χ2n) is 8.61. The molecule has 2 aliphatic rings. The molecule has 8 heteroatoms. The van der Waals surface area contributed by atoms with Gasteiger partial charge in [0.25, 0.3) is 5.91 Å². The van der Waals surface area contributed by atoms with Gasteiger partial charge < -0.3 is 10.6 Å². The molecule has 1 amide bonds. The topological polar surface area (TPSA) is 79.8 Å². The molecule has 32 heavy (non-hydrogen) atoms. The maximum atomic E-state index is 14.3. The van der Waals surface area contributed by atoms with Crippen molar-refractivity contribution < 1.29 is 13.6 Å². The van der Waals surface area contributed by atoms with Crippen LogP contribution in [0.5, 0.6) is 0 Å². The highest BCUT2D eigenvalue weighted by atomic mass is 19.1. The lowest BCUT2D eigenvalue weighted by molar-refractivity contribution is 0.0949. The Balaban J connectivity index is 1.28. The maximum absolute atomic E-state index is 14.3. The SMILES string of the molecule is O=C(NC1CC1)c1cccc(-c2ccc(NC[C@]3(c4ncccc4F)C[C@H](F)C3)nn2)c1. The van der Waals surface area contributed by atoms with Crippen LogP contribution in [-0.2, 0) is 5.41 Å². The molecular formula is C24H23F2N5O. The van der Waals surface area contributed by atoms with E-state index in [4.69, 9.17) is 0 Å². The molecular weight excluding hydrogens is 412 g/mol. The molecule has 164 valence electrons. The van der Waals surface area contributed by atoms with Gasteiger partial charge in [-0.3, -0.25) is 9.78 Å². The lowest BCUT2D eigenvalue weighted by Crippen LogP contribution is -2.49. The number of aromatic nitrogens is 3. The number of hydrogen-bond acceptors (Lipinski definition) is 5. The first-order chi connectivity index (χ1) is 15.5. The monoisotopic (exact) mass is 435 g/mol. The fourth-order valence-electron chi connectivity index (χ4n) is 4.14. The number of nitrogens with zero attached hydrogens (tertiary/aromatic N) is 3. The Morgan fingerprint density at radius 2 is 1.94 bits per heavy atom. The molecule has 0 aliphatic heterocycles. The minimum atomic E-state index is -0.962. The van der Waals surface area contributed by atoms with Gasteiger partial charge in [0.15, 0.2) is 0 Å². The summed E-state index contributed by atoms with van der Waals surface area (Å²) < 4.78 is 28.0. The van der Waals surface area contributed by atoms with E-state index in [0.717, 1.165) is 18.4 Å². The summed E-state index contributed by atoms with van der Waals surface area (Å²) in [6, 6.07) is 14.0. The van der Waals surface area contributed by atoms with Crippen LogP contribution in [0.1, 0.15) is 41.7 Å². The number of carbonyl (C=O) groups is 1. The van der Waals surface area contributed by atoms with Crippen molar-refractivity contribution in [2.45, 2.75) is 43.3 Å². The Morgan fingerprint density at radius 3 is 2.62 bits per heavy atom. The third kappa shape index (κ3) is 4.17. The molecule has 2 N–H and O–H groups in total. The number of benzene rings is 1. The van der Waals surface area contributed by atoms with Crippen molar-refractivity contribution >= 4 is 11.7 Å². The molecule has 3 aromatic rings. The van der Waals surface area contributed by atoms with Crippen molar-refractivity contribution in [1.29, 1.82) is 0 Å². The number of amides is 1. The average molecular weight is 435 g/mol. The molecule has 2 fully saturated rings. The molecule has 1 aromatic carbocycles. The Bertz CT molecular complexity index is 1130. The summed E-state index contributed by atoms with van der Waals surface area (Å²) in [7, 11) is 0. The van der Waals surface area contributed by atoms with Crippen LogP contribution in [0.25, 0.3) is 11.3 Å². The van der Waals surface area contributed by atoms with Gasteiger partial charge in [0.1, 0.15) is 17.8 Å². The summed E-state index contributed by atoms with van der Waals surface area (Å²) in [6.45, 7) is 0.312. The first kappa shape index (κ1) is 20.5. The van der Waals surface area contributed by atoms with Crippen LogP contribution < -0.4 is 10.6 Å². The highest BCUT2D eigenvalue weighted by Crippen LogP contribution is 2.45. The summed E-state index contributed by atoms with van der Waals surface area (Å²) in [5.74, 6) is 0.00181. The van der Waals surface area contributed by atoms with Crippen molar-refractivity contribution in [3.63, 3.8) is 0 Å². The minimum absolute atomic E-state index is 0.0840. The Hall–Kier alpha value is -3.42. The maximum Gasteiger partial charge on any atom is 0.251 e. The zero-order chi connectivity index (χ0) is 22.1. The number of nitrogens with one attached hydrogen (secondary N) is 2. The molecule has 0 radical (unpaired) electrons. The van der Waals surface area contributed by atoms with Gasteiger partial charge >= 0.3 is 0 Å². The smallest absolute Gasteiger partial charge is 0.251 e. The summed E-state index contributed by atoms with van der Waals surface area (Å²) in [6.07, 6.45) is 3.07. The molecule has 0 spiro atoms. The fraction of sp³-hybridized carbons (Fsp3) is 0.333. The van der Waals surface area contributed by atoms with E-state index in [-0.39, 0.29) is 24.4 Å². The van der Waals surface area contributed by atoms with Gasteiger partial charge in [-0.15, -0.1) is 10.2 Å². The number of carbonyl (C=O) groups excluding carboxylic acids is 1. The Morgan fingerprint density at radius 1 is 1.09 bits per heavy atom. The molecule has 0 saturated heterocycles. The van der Waals surface area contributed by atoms with Gasteiger partial charge in [-0.05, 0) is 62.1 Å². The molecule has 6 nitrogen and oxygen atoms in total. The quantitative estimate of drug-likeness (QED) is 0.585. The normalized spacial score (nSPS) is 22.1. The van der Waals surface area contributed by atoms with E-state index >= 15 is 0 Å². The van der Waals surface area contributed by atoms with Gasteiger partial charge in [-0.2, -0.15) is 0 Å².